The van der Waals surface area contributed by atoms with Crippen molar-refractivity contribution in [1.29, 1.82) is 0 Å². The maximum atomic E-state index is 12.2. The molecule has 0 saturated heterocycles. The van der Waals surface area contributed by atoms with Crippen molar-refractivity contribution in [2.45, 2.75) is 45.6 Å². The van der Waals surface area contributed by atoms with Gasteiger partial charge in [-0.25, -0.2) is 0 Å². The summed E-state index contributed by atoms with van der Waals surface area (Å²) in [4.78, 5) is 13.3. The van der Waals surface area contributed by atoms with Crippen LogP contribution in [0.15, 0.2) is 17.5 Å². The van der Waals surface area contributed by atoms with Crippen LogP contribution < -0.4 is 11.1 Å². The van der Waals surface area contributed by atoms with Gasteiger partial charge in [0.25, 0.3) is 0 Å². The van der Waals surface area contributed by atoms with E-state index in [0.717, 1.165) is 11.3 Å². The summed E-state index contributed by atoms with van der Waals surface area (Å²) in [6, 6.07) is 3.97. The third-order valence-electron chi connectivity index (χ3n) is 3.10. The molecule has 3 nitrogen and oxygen atoms in total. The minimum atomic E-state index is -0.309. The van der Waals surface area contributed by atoms with Crippen LogP contribution in [0, 0.1) is 5.92 Å². The number of halogens is 1. The van der Waals surface area contributed by atoms with E-state index in [1.165, 1.54) is 0 Å². The van der Waals surface area contributed by atoms with E-state index in [2.05, 4.69) is 19.2 Å². The van der Waals surface area contributed by atoms with Crippen LogP contribution in [0.25, 0.3) is 0 Å². The van der Waals surface area contributed by atoms with Crippen LogP contribution in [0.5, 0.6) is 0 Å². The van der Waals surface area contributed by atoms with Crippen LogP contribution >= 0.6 is 23.7 Å². The molecule has 0 aliphatic heterocycles. The molecule has 5 heteroatoms. The number of carbonyl (C=O) groups excluding carboxylic acids is 1. The Bertz CT molecular complexity index is 381. The van der Waals surface area contributed by atoms with Gasteiger partial charge in [-0.3, -0.25) is 4.79 Å². The van der Waals surface area contributed by atoms with E-state index < -0.39 is 0 Å². The maximum absolute atomic E-state index is 12.2. The predicted octanol–water partition coefficient (Wildman–Crippen LogP) is 3.15. The van der Waals surface area contributed by atoms with Gasteiger partial charge in [0.15, 0.2) is 0 Å². The number of thiophene rings is 1. The first-order valence-corrected chi connectivity index (χ1v) is 7.31. The highest BCUT2D eigenvalue weighted by Gasteiger charge is 2.28. The Morgan fingerprint density at radius 3 is 2.53 bits per heavy atom. The minimum Gasteiger partial charge on any atom is -0.349 e. The van der Waals surface area contributed by atoms with Gasteiger partial charge in [-0.05, 0) is 37.6 Å². The molecule has 0 radical (unpaired) electrons. The molecule has 110 valence electrons. The van der Waals surface area contributed by atoms with Crippen molar-refractivity contribution < 1.29 is 4.79 Å². The van der Waals surface area contributed by atoms with Crippen molar-refractivity contribution in [3.05, 3.63) is 22.4 Å². The summed E-state index contributed by atoms with van der Waals surface area (Å²) in [6.07, 6.45) is 0.895. The number of nitrogens with two attached hydrogens (primary N) is 1. The quantitative estimate of drug-likeness (QED) is 0.848. The van der Waals surface area contributed by atoms with Gasteiger partial charge in [0, 0.05) is 17.0 Å². The van der Waals surface area contributed by atoms with Gasteiger partial charge in [0.1, 0.15) is 0 Å². The molecule has 0 aromatic carbocycles. The number of hydrogen-bond donors (Lipinski definition) is 2. The fourth-order valence-electron chi connectivity index (χ4n) is 2.16. The molecular weight excluding hydrogens is 280 g/mol. The van der Waals surface area contributed by atoms with Gasteiger partial charge in [0.05, 0.1) is 5.92 Å². The number of rotatable bonds is 6. The Morgan fingerprint density at radius 1 is 1.47 bits per heavy atom. The van der Waals surface area contributed by atoms with Crippen LogP contribution in [0.3, 0.4) is 0 Å². The second-order valence-corrected chi connectivity index (χ2v) is 6.57. The van der Waals surface area contributed by atoms with Gasteiger partial charge in [-0.2, -0.15) is 0 Å². The van der Waals surface area contributed by atoms with Gasteiger partial charge >= 0.3 is 0 Å². The molecule has 0 spiro atoms. The van der Waals surface area contributed by atoms with Crippen LogP contribution in [0.4, 0.5) is 0 Å². The Labute approximate surface area is 126 Å². The van der Waals surface area contributed by atoms with Crippen molar-refractivity contribution in [3.8, 4) is 0 Å². The molecule has 0 aliphatic carbocycles. The summed E-state index contributed by atoms with van der Waals surface area (Å²) < 4.78 is 0. The molecule has 3 N–H and O–H groups in total. The largest absolute Gasteiger partial charge is 0.349 e. The first-order chi connectivity index (χ1) is 8.38. The number of carbonyl (C=O) groups is 1. The Balaban J connectivity index is 0.00000324. The maximum Gasteiger partial charge on any atom is 0.228 e. The first kappa shape index (κ1) is 18.4. The molecule has 1 amide bonds. The zero-order valence-corrected chi connectivity index (χ0v) is 13.7. The Kier molecular flexibility index (Phi) is 7.64. The summed E-state index contributed by atoms with van der Waals surface area (Å²) in [7, 11) is 0. The molecule has 1 aromatic rings. The van der Waals surface area contributed by atoms with Gasteiger partial charge < -0.3 is 11.1 Å². The lowest BCUT2D eigenvalue weighted by Crippen LogP contribution is -2.53. The standard InChI is InChI=1S/C14H24N2OS.ClH/c1-10(2)8-14(4,9-15)16-13(17)11(3)12-6-5-7-18-12;/h5-7,10-11H,8-9,15H2,1-4H3,(H,16,17);1H. The SMILES string of the molecule is CC(C)CC(C)(CN)NC(=O)C(C)c1cccs1.Cl. The molecule has 19 heavy (non-hydrogen) atoms. The molecular formula is C14H25ClN2OS. The van der Waals surface area contributed by atoms with Crippen molar-refractivity contribution >= 4 is 29.7 Å². The average molecular weight is 305 g/mol. The number of hydrogen-bond acceptors (Lipinski definition) is 3. The zero-order valence-electron chi connectivity index (χ0n) is 12.1. The van der Waals surface area contributed by atoms with E-state index >= 15 is 0 Å². The highest BCUT2D eigenvalue weighted by atomic mass is 35.5. The summed E-state index contributed by atoms with van der Waals surface area (Å²) in [5.41, 5.74) is 5.50. The van der Waals surface area contributed by atoms with Gasteiger partial charge in [0.2, 0.25) is 5.91 Å². The first-order valence-electron chi connectivity index (χ1n) is 6.43. The number of nitrogens with one attached hydrogen (secondary N) is 1. The predicted molar refractivity (Wildman–Crippen MR) is 85.0 cm³/mol. The monoisotopic (exact) mass is 304 g/mol. The highest BCUT2D eigenvalue weighted by Crippen LogP contribution is 2.23. The van der Waals surface area contributed by atoms with Crippen molar-refractivity contribution in [2.24, 2.45) is 11.7 Å². The van der Waals surface area contributed by atoms with E-state index in [1.807, 2.05) is 31.4 Å². The molecule has 2 atom stereocenters. The molecule has 0 aliphatic rings. The fraction of sp³-hybridized carbons (Fsp3) is 0.643. The third-order valence-corrected chi connectivity index (χ3v) is 4.15. The van der Waals surface area contributed by atoms with E-state index in [-0.39, 0.29) is 29.8 Å². The van der Waals surface area contributed by atoms with E-state index in [9.17, 15) is 4.79 Å². The van der Waals surface area contributed by atoms with Gasteiger partial charge in [-0.15, -0.1) is 23.7 Å². The Hall–Kier alpha value is -0.580. The summed E-state index contributed by atoms with van der Waals surface area (Å²) in [5.74, 6) is 0.463. The van der Waals surface area contributed by atoms with Crippen LogP contribution in [0.2, 0.25) is 0 Å². The van der Waals surface area contributed by atoms with Crippen LogP contribution in [0.1, 0.15) is 44.9 Å². The zero-order chi connectivity index (χ0) is 13.8. The van der Waals surface area contributed by atoms with Crippen LogP contribution in [-0.2, 0) is 4.79 Å². The molecule has 0 saturated carbocycles. The fourth-order valence-corrected chi connectivity index (χ4v) is 2.94. The molecule has 1 heterocycles. The highest BCUT2D eigenvalue weighted by molar-refractivity contribution is 7.10. The average Bonchev–Trinajstić information content (AvgIpc) is 2.80. The topological polar surface area (TPSA) is 55.1 Å². The molecule has 2 unspecified atom stereocenters. The lowest BCUT2D eigenvalue weighted by molar-refractivity contribution is -0.124. The lowest BCUT2D eigenvalue weighted by Gasteiger charge is -2.32. The van der Waals surface area contributed by atoms with E-state index in [0.29, 0.717) is 12.5 Å². The molecule has 1 aromatic heterocycles. The Morgan fingerprint density at radius 2 is 2.11 bits per heavy atom. The minimum absolute atomic E-state index is 0. The molecule has 0 bridgehead atoms. The van der Waals surface area contributed by atoms with Crippen molar-refractivity contribution in [3.63, 3.8) is 0 Å². The third kappa shape index (κ3) is 5.51. The summed E-state index contributed by atoms with van der Waals surface area (Å²) >= 11 is 1.61. The molecule has 1 rings (SSSR count). The van der Waals surface area contributed by atoms with Crippen molar-refractivity contribution in [1.82, 2.24) is 5.32 Å². The normalized spacial score (nSPS) is 15.5. The second kappa shape index (κ2) is 7.88. The van der Waals surface area contributed by atoms with Gasteiger partial charge in [-0.1, -0.05) is 19.9 Å². The van der Waals surface area contributed by atoms with E-state index in [4.69, 9.17) is 5.73 Å². The van der Waals surface area contributed by atoms with Crippen LogP contribution in [-0.4, -0.2) is 18.0 Å². The second-order valence-electron chi connectivity index (χ2n) is 5.59. The number of amides is 1. The summed E-state index contributed by atoms with van der Waals surface area (Å²) in [6.45, 7) is 8.71. The van der Waals surface area contributed by atoms with E-state index in [1.54, 1.807) is 11.3 Å². The summed E-state index contributed by atoms with van der Waals surface area (Å²) in [5, 5.41) is 5.10. The smallest absolute Gasteiger partial charge is 0.228 e. The lowest BCUT2D eigenvalue weighted by atomic mass is 9.90. The van der Waals surface area contributed by atoms with Crippen molar-refractivity contribution in [2.75, 3.05) is 6.54 Å². The molecule has 0 fully saturated rings.